The monoisotopic (exact) mass is 187 g/mol. The Hall–Kier alpha value is -0.570. The Morgan fingerprint density at radius 3 is 2.38 bits per heavy atom. The number of carbonyl (C=O) groups excluding carboxylic acids is 1. The number of rotatable bonds is 6. The van der Waals surface area contributed by atoms with Crippen molar-refractivity contribution >= 4 is 5.91 Å². The van der Waals surface area contributed by atoms with Crippen LogP contribution >= 0.6 is 0 Å². The smallest absolute Gasteiger partial charge is 0.222 e. The molecular weight excluding hydrogens is 166 g/mol. The average Bonchev–Trinajstić information content (AvgIpc) is 1.96. The molecule has 0 saturated carbocycles. The van der Waals surface area contributed by atoms with Crippen LogP contribution in [0, 0.1) is 5.92 Å². The van der Waals surface area contributed by atoms with Crippen LogP contribution in [0.2, 0.25) is 0 Å². The molecule has 3 heteroatoms. The Morgan fingerprint density at radius 2 is 1.92 bits per heavy atom. The average molecular weight is 187 g/mol. The van der Waals surface area contributed by atoms with Crippen molar-refractivity contribution in [2.24, 2.45) is 5.92 Å². The van der Waals surface area contributed by atoms with E-state index in [0.29, 0.717) is 18.9 Å². The molecule has 0 spiro atoms. The molecule has 0 fully saturated rings. The van der Waals surface area contributed by atoms with Crippen LogP contribution in [0.3, 0.4) is 0 Å². The van der Waals surface area contributed by atoms with Gasteiger partial charge in [0.1, 0.15) is 0 Å². The van der Waals surface area contributed by atoms with E-state index in [-0.39, 0.29) is 11.9 Å². The lowest BCUT2D eigenvalue weighted by Gasteiger charge is -2.09. The topological polar surface area (TPSA) is 38.3 Å². The molecule has 0 aromatic heterocycles. The molecule has 0 radical (unpaired) electrons. The molecule has 13 heavy (non-hydrogen) atoms. The van der Waals surface area contributed by atoms with Crippen molar-refractivity contribution in [3.8, 4) is 0 Å². The van der Waals surface area contributed by atoms with E-state index < -0.39 is 0 Å². The molecule has 78 valence electrons. The summed E-state index contributed by atoms with van der Waals surface area (Å²) in [5.41, 5.74) is 0. The summed E-state index contributed by atoms with van der Waals surface area (Å²) in [4.78, 5) is 11.1. The maximum Gasteiger partial charge on any atom is 0.222 e. The van der Waals surface area contributed by atoms with Crippen LogP contribution in [0.25, 0.3) is 0 Å². The Morgan fingerprint density at radius 1 is 1.31 bits per heavy atom. The lowest BCUT2D eigenvalue weighted by molar-refractivity contribution is -0.122. The van der Waals surface area contributed by atoms with Crippen molar-refractivity contribution in [3.05, 3.63) is 0 Å². The first-order chi connectivity index (χ1) is 6.02. The third-order valence-electron chi connectivity index (χ3n) is 1.37. The van der Waals surface area contributed by atoms with Crippen molar-refractivity contribution in [2.75, 3.05) is 13.2 Å². The van der Waals surface area contributed by atoms with Crippen LogP contribution < -0.4 is 5.32 Å². The number of nitrogens with one attached hydrogen (secondary N) is 1. The minimum absolute atomic E-state index is 0.0683. The molecule has 0 aliphatic carbocycles. The van der Waals surface area contributed by atoms with Crippen LogP contribution in [0.5, 0.6) is 0 Å². The molecule has 0 aliphatic heterocycles. The van der Waals surface area contributed by atoms with Gasteiger partial charge in [-0.05, 0) is 19.8 Å². The summed E-state index contributed by atoms with van der Waals surface area (Å²) in [5.74, 6) is 0.604. The second kappa shape index (κ2) is 6.89. The lowest BCUT2D eigenvalue weighted by Crippen LogP contribution is -2.30. The highest BCUT2D eigenvalue weighted by Gasteiger charge is 2.02. The third kappa shape index (κ3) is 9.34. The maximum atomic E-state index is 11.1. The highest BCUT2D eigenvalue weighted by Crippen LogP contribution is 1.93. The van der Waals surface area contributed by atoms with Crippen LogP contribution in [0.4, 0.5) is 0 Å². The molecule has 0 aliphatic rings. The molecule has 0 heterocycles. The normalized spacial score (nSPS) is 10.9. The highest BCUT2D eigenvalue weighted by atomic mass is 16.5. The Balaban J connectivity index is 3.27. The molecular formula is C10H21NO2. The van der Waals surface area contributed by atoms with E-state index in [9.17, 15) is 4.79 Å². The zero-order valence-corrected chi connectivity index (χ0v) is 9.09. The molecule has 0 atom stereocenters. The van der Waals surface area contributed by atoms with E-state index >= 15 is 0 Å². The van der Waals surface area contributed by atoms with E-state index in [1.165, 1.54) is 0 Å². The van der Waals surface area contributed by atoms with Crippen molar-refractivity contribution < 1.29 is 9.53 Å². The van der Waals surface area contributed by atoms with Gasteiger partial charge in [0.2, 0.25) is 5.91 Å². The van der Waals surface area contributed by atoms with Gasteiger partial charge in [-0.15, -0.1) is 0 Å². The van der Waals surface area contributed by atoms with Crippen molar-refractivity contribution in [3.63, 3.8) is 0 Å². The maximum absolute atomic E-state index is 11.1. The summed E-state index contributed by atoms with van der Waals surface area (Å²) in [6, 6.07) is 0.220. The Kier molecular flexibility index (Phi) is 6.59. The van der Waals surface area contributed by atoms with Gasteiger partial charge in [0.05, 0.1) is 6.61 Å². The second-order valence-electron chi connectivity index (χ2n) is 3.94. The first-order valence-corrected chi connectivity index (χ1v) is 4.89. The summed E-state index contributed by atoms with van der Waals surface area (Å²) in [6.07, 6.45) is 0.463. The standard InChI is InChI=1S/C10H21NO2/c1-8(2)7-13-6-5-10(12)11-9(3)4/h8-9H,5-7H2,1-4H3,(H,11,12). The van der Waals surface area contributed by atoms with E-state index in [1.807, 2.05) is 13.8 Å². The molecule has 3 nitrogen and oxygen atoms in total. The van der Waals surface area contributed by atoms with Gasteiger partial charge in [-0.1, -0.05) is 13.8 Å². The molecule has 0 aromatic carbocycles. The lowest BCUT2D eigenvalue weighted by atomic mass is 10.2. The van der Waals surface area contributed by atoms with Crippen molar-refractivity contribution in [1.82, 2.24) is 5.32 Å². The van der Waals surface area contributed by atoms with Crippen molar-refractivity contribution in [1.29, 1.82) is 0 Å². The predicted octanol–water partition coefficient (Wildman–Crippen LogP) is 1.57. The van der Waals surface area contributed by atoms with E-state index in [1.54, 1.807) is 0 Å². The molecule has 1 amide bonds. The first kappa shape index (κ1) is 12.4. The fourth-order valence-electron chi connectivity index (χ4n) is 0.878. The fourth-order valence-corrected chi connectivity index (χ4v) is 0.878. The Bertz CT molecular complexity index is 144. The van der Waals surface area contributed by atoms with Gasteiger partial charge in [0, 0.05) is 19.1 Å². The second-order valence-corrected chi connectivity index (χ2v) is 3.94. The number of amides is 1. The van der Waals surface area contributed by atoms with E-state index in [0.717, 1.165) is 6.61 Å². The number of hydrogen-bond donors (Lipinski definition) is 1. The minimum Gasteiger partial charge on any atom is -0.381 e. The van der Waals surface area contributed by atoms with Gasteiger partial charge in [0.15, 0.2) is 0 Å². The summed E-state index contributed by atoms with van der Waals surface area (Å²) in [7, 11) is 0. The zero-order chi connectivity index (χ0) is 10.3. The predicted molar refractivity (Wildman–Crippen MR) is 53.6 cm³/mol. The third-order valence-corrected chi connectivity index (χ3v) is 1.37. The van der Waals surface area contributed by atoms with Crippen LogP contribution in [0.1, 0.15) is 34.1 Å². The summed E-state index contributed by atoms with van der Waals surface area (Å²) < 4.78 is 5.29. The SMILES string of the molecule is CC(C)COCCC(=O)NC(C)C. The number of ether oxygens (including phenoxy) is 1. The molecule has 1 N–H and O–H groups in total. The summed E-state index contributed by atoms with van der Waals surface area (Å²) in [6.45, 7) is 9.34. The van der Waals surface area contributed by atoms with E-state index in [2.05, 4.69) is 19.2 Å². The van der Waals surface area contributed by atoms with E-state index in [4.69, 9.17) is 4.74 Å². The van der Waals surface area contributed by atoms with Crippen molar-refractivity contribution in [2.45, 2.75) is 40.2 Å². The molecule has 0 saturated heterocycles. The van der Waals surface area contributed by atoms with Gasteiger partial charge < -0.3 is 10.1 Å². The first-order valence-electron chi connectivity index (χ1n) is 4.89. The van der Waals surface area contributed by atoms with Gasteiger partial charge in [-0.3, -0.25) is 4.79 Å². The highest BCUT2D eigenvalue weighted by molar-refractivity contribution is 5.76. The number of carbonyl (C=O) groups is 1. The van der Waals surface area contributed by atoms with Crippen LogP contribution in [-0.2, 0) is 9.53 Å². The van der Waals surface area contributed by atoms with Gasteiger partial charge >= 0.3 is 0 Å². The number of hydrogen-bond acceptors (Lipinski definition) is 2. The molecule has 0 bridgehead atoms. The summed E-state index contributed by atoms with van der Waals surface area (Å²) in [5, 5.41) is 2.81. The molecule has 0 aromatic rings. The van der Waals surface area contributed by atoms with Gasteiger partial charge in [-0.25, -0.2) is 0 Å². The Labute approximate surface area is 80.8 Å². The molecule has 0 rings (SSSR count). The van der Waals surface area contributed by atoms with Gasteiger partial charge in [-0.2, -0.15) is 0 Å². The molecule has 0 unspecified atom stereocenters. The van der Waals surface area contributed by atoms with Crippen LogP contribution in [0.15, 0.2) is 0 Å². The fraction of sp³-hybridized carbons (Fsp3) is 0.900. The quantitative estimate of drug-likeness (QED) is 0.641. The zero-order valence-electron chi connectivity index (χ0n) is 9.09. The largest absolute Gasteiger partial charge is 0.381 e. The van der Waals surface area contributed by atoms with Gasteiger partial charge in [0.25, 0.3) is 0 Å². The van der Waals surface area contributed by atoms with Crippen LogP contribution in [-0.4, -0.2) is 25.2 Å². The summed E-state index contributed by atoms with van der Waals surface area (Å²) >= 11 is 0. The minimum atomic E-state index is 0.0683.